The van der Waals surface area contributed by atoms with Crippen LogP contribution in [0.15, 0.2) is 18.2 Å². The normalized spacial score (nSPS) is 10.5. The van der Waals surface area contributed by atoms with Gasteiger partial charge in [0.25, 0.3) is 5.91 Å². The van der Waals surface area contributed by atoms with E-state index >= 15 is 0 Å². The van der Waals surface area contributed by atoms with Gasteiger partial charge in [0.05, 0.1) is 17.6 Å². The number of nitrogens with zero attached hydrogens (tertiary/aromatic N) is 1. The number of carbonyl (C=O) groups is 1. The predicted octanol–water partition coefficient (Wildman–Crippen LogP) is 1.33. The lowest BCUT2D eigenvalue weighted by molar-refractivity contribution is -0.384. The molecule has 0 atom stereocenters. The Morgan fingerprint density at radius 1 is 1.53 bits per heavy atom. The van der Waals surface area contributed by atoms with Gasteiger partial charge in [-0.05, 0) is 26.0 Å². The van der Waals surface area contributed by atoms with E-state index in [1.165, 1.54) is 18.2 Å². The molecule has 0 radical (unpaired) electrons. The van der Waals surface area contributed by atoms with Gasteiger partial charge in [0, 0.05) is 6.54 Å². The third-order valence-corrected chi connectivity index (χ3v) is 2.33. The molecule has 0 saturated heterocycles. The molecule has 1 aromatic rings. The van der Waals surface area contributed by atoms with Crippen LogP contribution in [0.4, 0.5) is 11.4 Å². The summed E-state index contributed by atoms with van der Waals surface area (Å²) in [5.41, 5.74) is 5.06. The summed E-state index contributed by atoms with van der Waals surface area (Å²) in [6.07, 6.45) is 0.0682. The summed E-state index contributed by atoms with van der Waals surface area (Å²) >= 11 is 0. The minimum atomic E-state index is -0.658. The number of para-hydroxylation sites is 1. The smallest absolute Gasteiger partial charge is 0.304 e. The Bertz CT molecular complexity index is 474. The van der Waals surface area contributed by atoms with Gasteiger partial charge in [-0.25, -0.2) is 0 Å². The Balaban J connectivity index is 2.72. The fourth-order valence-electron chi connectivity index (χ4n) is 1.50. The van der Waals surface area contributed by atoms with Crippen molar-refractivity contribution in [2.75, 3.05) is 18.9 Å². The first-order valence-electron chi connectivity index (χ1n) is 5.86. The molecule has 19 heavy (non-hydrogen) atoms. The van der Waals surface area contributed by atoms with Crippen molar-refractivity contribution < 1.29 is 14.5 Å². The lowest BCUT2D eigenvalue weighted by Gasteiger charge is -2.09. The standard InChI is InChI=1S/C12H17N3O4/c1-8(2)19-7-6-14-12(16)9-4-3-5-10(13)11(9)15(17)18/h3-5,8H,6-7,13H2,1-2H3,(H,14,16). The molecule has 3 N–H and O–H groups in total. The van der Waals surface area contributed by atoms with Gasteiger partial charge >= 0.3 is 5.69 Å². The molecule has 0 bridgehead atoms. The van der Waals surface area contributed by atoms with Crippen molar-refractivity contribution >= 4 is 17.3 Å². The van der Waals surface area contributed by atoms with Crippen LogP contribution in [0.25, 0.3) is 0 Å². The molecule has 0 saturated carbocycles. The fraction of sp³-hybridized carbons (Fsp3) is 0.417. The first-order valence-corrected chi connectivity index (χ1v) is 5.86. The van der Waals surface area contributed by atoms with E-state index in [-0.39, 0.29) is 29.6 Å². The first-order chi connectivity index (χ1) is 8.93. The van der Waals surface area contributed by atoms with E-state index in [0.717, 1.165) is 0 Å². The average Bonchev–Trinajstić information content (AvgIpc) is 2.33. The summed E-state index contributed by atoms with van der Waals surface area (Å²) in [5, 5.41) is 13.4. The number of amides is 1. The molecule has 1 rings (SSSR count). The number of hydrogen-bond acceptors (Lipinski definition) is 5. The van der Waals surface area contributed by atoms with E-state index < -0.39 is 10.8 Å². The molecule has 0 aromatic heterocycles. The van der Waals surface area contributed by atoms with Gasteiger partial charge in [-0.3, -0.25) is 14.9 Å². The summed E-state index contributed by atoms with van der Waals surface area (Å²) in [6.45, 7) is 4.39. The molecular weight excluding hydrogens is 250 g/mol. The van der Waals surface area contributed by atoms with Crippen LogP contribution in [0.1, 0.15) is 24.2 Å². The monoisotopic (exact) mass is 267 g/mol. The van der Waals surface area contributed by atoms with E-state index in [1.54, 1.807) is 0 Å². The SMILES string of the molecule is CC(C)OCCNC(=O)c1cccc(N)c1[N+](=O)[O-]. The van der Waals surface area contributed by atoms with Gasteiger partial charge in [0.1, 0.15) is 11.3 Å². The Morgan fingerprint density at radius 2 is 2.21 bits per heavy atom. The highest BCUT2D eigenvalue weighted by atomic mass is 16.6. The zero-order valence-electron chi connectivity index (χ0n) is 10.9. The van der Waals surface area contributed by atoms with E-state index in [1.807, 2.05) is 13.8 Å². The topological polar surface area (TPSA) is 107 Å². The maximum atomic E-state index is 11.8. The van der Waals surface area contributed by atoms with Gasteiger partial charge in [0.15, 0.2) is 0 Å². The van der Waals surface area contributed by atoms with Crippen molar-refractivity contribution in [1.82, 2.24) is 5.32 Å². The minimum Gasteiger partial charge on any atom is -0.393 e. The van der Waals surface area contributed by atoms with Crippen LogP contribution in [-0.2, 0) is 4.74 Å². The molecule has 0 aliphatic rings. The zero-order valence-corrected chi connectivity index (χ0v) is 10.9. The molecule has 0 heterocycles. The van der Waals surface area contributed by atoms with Crippen molar-refractivity contribution in [1.29, 1.82) is 0 Å². The Kier molecular flexibility index (Phi) is 5.25. The largest absolute Gasteiger partial charge is 0.393 e. The average molecular weight is 267 g/mol. The maximum Gasteiger partial charge on any atom is 0.304 e. The number of carbonyl (C=O) groups excluding carboxylic acids is 1. The Labute approximate surface area is 110 Å². The lowest BCUT2D eigenvalue weighted by atomic mass is 10.1. The second kappa shape index (κ2) is 6.69. The molecule has 0 spiro atoms. The number of hydrogen-bond donors (Lipinski definition) is 2. The molecular formula is C12H17N3O4. The van der Waals surface area contributed by atoms with E-state index in [2.05, 4.69) is 5.32 Å². The molecule has 7 nitrogen and oxygen atoms in total. The molecule has 0 fully saturated rings. The van der Waals surface area contributed by atoms with Crippen molar-refractivity contribution in [2.45, 2.75) is 20.0 Å². The summed E-state index contributed by atoms with van der Waals surface area (Å²) in [7, 11) is 0. The maximum absolute atomic E-state index is 11.8. The second-order valence-corrected chi connectivity index (χ2v) is 4.18. The highest BCUT2D eigenvalue weighted by Gasteiger charge is 2.22. The number of anilines is 1. The lowest BCUT2D eigenvalue weighted by Crippen LogP contribution is -2.28. The zero-order chi connectivity index (χ0) is 14.4. The quantitative estimate of drug-likeness (QED) is 0.350. The number of ether oxygens (including phenoxy) is 1. The van der Waals surface area contributed by atoms with Gasteiger partial charge in [-0.1, -0.05) is 6.07 Å². The molecule has 1 aromatic carbocycles. The van der Waals surface area contributed by atoms with Gasteiger partial charge in [-0.15, -0.1) is 0 Å². The first kappa shape index (κ1) is 14.9. The highest BCUT2D eigenvalue weighted by molar-refractivity contribution is 6.00. The van der Waals surface area contributed by atoms with E-state index in [0.29, 0.717) is 6.61 Å². The Morgan fingerprint density at radius 3 is 2.79 bits per heavy atom. The molecule has 104 valence electrons. The number of nitro benzene ring substituents is 1. The van der Waals surface area contributed by atoms with Crippen LogP contribution in [0.2, 0.25) is 0 Å². The predicted molar refractivity (Wildman–Crippen MR) is 70.9 cm³/mol. The molecule has 1 amide bonds. The van der Waals surface area contributed by atoms with Crippen LogP contribution in [0.5, 0.6) is 0 Å². The van der Waals surface area contributed by atoms with Crippen molar-refractivity contribution in [3.8, 4) is 0 Å². The number of nitro groups is 1. The summed E-state index contributed by atoms with van der Waals surface area (Å²) in [4.78, 5) is 22.1. The van der Waals surface area contributed by atoms with Gasteiger partial charge in [0.2, 0.25) is 0 Å². The number of nitrogens with two attached hydrogens (primary N) is 1. The summed E-state index contributed by atoms with van der Waals surface area (Å²) < 4.78 is 5.26. The van der Waals surface area contributed by atoms with Crippen LogP contribution in [0, 0.1) is 10.1 Å². The van der Waals surface area contributed by atoms with Crippen molar-refractivity contribution in [3.63, 3.8) is 0 Å². The number of nitrogens with one attached hydrogen (secondary N) is 1. The number of benzene rings is 1. The van der Waals surface area contributed by atoms with E-state index in [9.17, 15) is 14.9 Å². The second-order valence-electron chi connectivity index (χ2n) is 4.18. The molecule has 0 unspecified atom stereocenters. The van der Waals surface area contributed by atoms with Crippen LogP contribution >= 0.6 is 0 Å². The summed E-state index contributed by atoms with van der Waals surface area (Å²) in [5.74, 6) is -0.536. The number of nitrogen functional groups attached to an aromatic ring is 1. The van der Waals surface area contributed by atoms with Crippen molar-refractivity contribution in [2.24, 2.45) is 0 Å². The minimum absolute atomic E-state index is 0.0314. The third-order valence-electron chi connectivity index (χ3n) is 2.33. The molecule has 7 heteroatoms. The Hall–Kier alpha value is -2.15. The molecule has 0 aliphatic heterocycles. The fourth-order valence-corrected chi connectivity index (χ4v) is 1.50. The van der Waals surface area contributed by atoms with E-state index in [4.69, 9.17) is 10.5 Å². The van der Waals surface area contributed by atoms with Gasteiger partial charge in [-0.2, -0.15) is 0 Å². The van der Waals surface area contributed by atoms with Crippen LogP contribution in [0.3, 0.4) is 0 Å². The molecule has 0 aliphatic carbocycles. The summed E-state index contributed by atoms with van der Waals surface area (Å²) in [6, 6.07) is 4.26. The number of rotatable bonds is 6. The van der Waals surface area contributed by atoms with Crippen molar-refractivity contribution in [3.05, 3.63) is 33.9 Å². The van der Waals surface area contributed by atoms with Crippen LogP contribution < -0.4 is 11.1 Å². The third kappa shape index (κ3) is 4.22. The highest BCUT2D eigenvalue weighted by Crippen LogP contribution is 2.25. The van der Waals surface area contributed by atoms with Crippen LogP contribution in [-0.4, -0.2) is 30.1 Å². The van der Waals surface area contributed by atoms with Gasteiger partial charge < -0.3 is 15.8 Å².